The summed E-state index contributed by atoms with van der Waals surface area (Å²) in [6.45, 7) is 2.64. The van der Waals surface area contributed by atoms with E-state index in [1.165, 1.54) is 22.3 Å². The Morgan fingerprint density at radius 3 is 3.08 bits per heavy atom. The van der Waals surface area contributed by atoms with Crippen molar-refractivity contribution in [3.8, 4) is 10.6 Å². The smallest absolute Gasteiger partial charge is 0.414 e. The number of rotatable bonds is 5. The Hall–Kier alpha value is -2.13. The van der Waals surface area contributed by atoms with Crippen LogP contribution in [-0.2, 0) is 4.74 Å². The van der Waals surface area contributed by atoms with Crippen LogP contribution in [0.4, 0.5) is 14.9 Å². The van der Waals surface area contributed by atoms with Gasteiger partial charge in [0.15, 0.2) is 0 Å². The maximum atomic E-state index is 14.4. The van der Waals surface area contributed by atoms with Crippen LogP contribution in [0.2, 0.25) is 0 Å². The summed E-state index contributed by atoms with van der Waals surface area (Å²) < 4.78 is 19.5. The van der Waals surface area contributed by atoms with Crippen LogP contribution in [0.15, 0.2) is 23.7 Å². The fourth-order valence-electron chi connectivity index (χ4n) is 2.40. The van der Waals surface area contributed by atoms with Gasteiger partial charge < -0.3 is 10.1 Å². The average molecular weight is 366 g/mol. The first-order valence-electron chi connectivity index (χ1n) is 7.39. The summed E-state index contributed by atoms with van der Waals surface area (Å²) in [6.07, 6.45) is 0.231. The Morgan fingerprint density at radius 2 is 2.42 bits per heavy atom. The second-order valence-corrected chi connectivity index (χ2v) is 6.49. The Bertz CT molecular complexity index is 754. The molecule has 24 heavy (non-hydrogen) atoms. The molecule has 6 nitrogen and oxygen atoms in total. The van der Waals surface area contributed by atoms with Crippen molar-refractivity contribution < 1.29 is 13.9 Å². The van der Waals surface area contributed by atoms with Gasteiger partial charge in [-0.05, 0) is 24.6 Å². The lowest BCUT2D eigenvalue weighted by atomic mass is 10.1. The van der Waals surface area contributed by atoms with Crippen LogP contribution < -0.4 is 10.2 Å². The van der Waals surface area contributed by atoms with Gasteiger partial charge in [-0.3, -0.25) is 4.90 Å². The number of anilines is 1. The summed E-state index contributed by atoms with van der Waals surface area (Å²) in [5.74, 6) is -0.459. The van der Waals surface area contributed by atoms with Crippen LogP contribution in [-0.4, -0.2) is 40.5 Å². The van der Waals surface area contributed by atoms with Gasteiger partial charge in [0.2, 0.25) is 0 Å². The standard InChI is InChI=1S/C15H15FN4O2S2/c1-2-13(23)17-6-10-7-22-15(21)20(10)9-3-4-11(12(16)5-9)14-19-18-8-24-14/h3-5,8,10H,2,6-7H2,1H3,(H,17,23)/t10-/m0/s1. The third-order valence-corrected chi connectivity index (χ3v) is 4.80. The lowest BCUT2D eigenvalue weighted by molar-refractivity contribution is 0.179. The number of thiocarbonyl (C=S) groups is 1. The molecule has 0 radical (unpaired) electrons. The largest absolute Gasteiger partial charge is 0.447 e. The Kier molecular flexibility index (Phi) is 5.00. The van der Waals surface area contributed by atoms with Gasteiger partial charge in [0.25, 0.3) is 0 Å². The minimum absolute atomic E-state index is 0.234. The van der Waals surface area contributed by atoms with Gasteiger partial charge in [0.1, 0.15) is 22.9 Å². The molecule has 0 saturated carbocycles. The fourth-order valence-corrected chi connectivity index (χ4v) is 3.07. The zero-order valence-electron chi connectivity index (χ0n) is 12.9. The molecule has 1 fully saturated rings. The van der Waals surface area contributed by atoms with E-state index in [1.807, 2.05) is 6.92 Å². The zero-order chi connectivity index (χ0) is 17.1. The molecule has 1 aromatic carbocycles. The number of nitrogens with zero attached hydrogens (tertiary/aromatic N) is 3. The molecule has 9 heteroatoms. The Balaban J connectivity index is 1.82. The number of carbonyl (C=O) groups is 1. The van der Waals surface area contributed by atoms with Crippen LogP contribution in [0, 0.1) is 5.82 Å². The summed E-state index contributed by atoms with van der Waals surface area (Å²) >= 11 is 6.38. The second kappa shape index (κ2) is 7.18. The second-order valence-electron chi connectivity index (χ2n) is 5.17. The van der Waals surface area contributed by atoms with Gasteiger partial charge in [-0.1, -0.05) is 30.5 Å². The lowest BCUT2D eigenvalue weighted by Gasteiger charge is -2.22. The topological polar surface area (TPSA) is 67.3 Å². The van der Waals surface area contributed by atoms with Crippen molar-refractivity contribution in [1.82, 2.24) is 15.5 Å². The van der Waals surface area contributed by atoms with E-state index in [0.29, 0.717) is 27.8 Å². The number of hydrogen-bond donors (Lipinski definition) is 1. The molecule has 0 unspecified atom stereocenters. The summed E-state index contributed by atoms with van der Waals surface area (Å²) in [5.41, 5.74) is 2.34. The molecule has 2 heterocycles. The highest BCUT2D eigenvalue weighted by atomic mass is 32.1. The van der Waals surface area contributed by atoms with Crippen LogP contribution in [0.5, 0.6) is 0 Å². The molecular formula is C15H15FN4O2S2. The minimum Gasteiger partial charge on any atom is -0.447 e. The van der Waals surface area contributed by atoms with E-state index >= 15 is 0 Å². The normalized spacial score (nSPS) is 17.0. The number of carbonyl (C=O) groups excluding carboxylic acids is 1. The van der Waals surface area contributed by atoms with Crippen LogP contribution in [0.3, 0.4) is 0 Å². The van der Waals surface area contributed by atoms with Crippen LogP contribution in [0.25, 0.3) is 10.6 Å². The van der Waals surface area contributed by atoms with Crippen LogP contribution in [0.1, 0.15) is 13.3 Å². The Labute approximate surface area is 147 Å². The third kappa shape index (κ3) is 3.36. The van der Waals surface area contributed by atoms with Crippen molar-refractivity contribution in [2.24, 2.45) is 0 Å². The van der Waals surface area contributed by atoms with E-state index in [2.05, 4.69) is 15.5 Å². The number of hydrogen-bond acceptors (Lipinski definition) is 6. The quantitative estimate of drug-likeness (QED) is 0.821. The molecule has 1 saturated heterocycles. The SMILES string of the molecule is CCC(=S)NC[C@H]1COC(=O)N1c1ccc(-c2nncs2)c(F)c1. The maximum Gasteiger partial charge on any atom is 0.414 e. The molecule has 1 aromatic heterocycles. The maximum absolute atomic E-state index is 14.4. The van der Waals surface area contributed by atoms with E-state index in [0.717, 1.165) is 6.42 Å². The monoisotopic (exact) mass is 366 g/mol. The molecule has 0 spiro atoms. The van der Waals surface area contributed by atoms with Gasteiger partial charge in [0.05, 0.1) is 16.7 Å². The molecule has 3 rings (SSSR count). The first kappa shape index (κ1) is 16.7. The zero-order valence-corrected chi connectivity index (χ0v) is 14.5. The van der Waals surface area contributed by atoms with Gasteiger partial charge >= 0.3 is 6.09 Å². The molecular weight excluding hydrogens is 351 g/mol. The molecule has 0 aliphatic carbocycles. The number of amides is 1. The number of nitrogens with one attached hydrogen (secondary N) is 1. The summed E-state index contributed by atoms with van der Waals surface area (Å²) in [5, 5.41) is 11.2. The van der Waals surface area contributed by atoms with E-state index in [9.17, 15) is 9.18 Å². The molecule has 0 bridgehead atoms. The van der Waals surface area contributed by atoms with E-state index < -0.39 is 11.9 Å². The molecule has 1 aliphatic rings. The molecule has 1 atom stereocenters. The number of aromatic nitrogens is 2. The number of benzene rings is 1. The predicted molar refractivity (Wildman–Crippen MR) is 93.8 cm³/mol. The third-order valence-electron chi connectivity index (χ3n) is 3.64. The van der Waals surface area contributed by atoms with Crippen molar-refractivity contribution >= 4 is 40.3 Å². The molecule has 126 valence electrons. The van der Waals surface area contributed by atoms with Crippen molar-refractivity contribution in [1.29, 1.82) is 0 Å². The van der Waals surface area contributed by atoms with E-state index in [-0.39, 0.29) is 12.6 Å². The highest BCUT2D eigenvalue weighted by Crippen LogP contribution is 2.30. The van der Waals surface area contributed by atoms with Gasteiger partial charge in [-0.2, -0.15) is 0 Å². The van der Waals surface area contributed by atoms with Gasteiger partial charge in [-0.15, -0.1) is 10.2 Å². The molecule has 1 amide bonds. The summed E-state index contributed by atoms with van der Waals surface area (Å²) in [7, 11) is 0. The van der Waals surface area contributed by atoms with Gasteiger partial charge in [-0.25, -0.2) is 9.18 Å². The molecule has 2 aromatic rings. The first-order valence-corrected chi connectivity index (χ1v) is 8.67. The number of cyclic esters (lactones) is 1. The van der Waals surface area contributed by atoms with E-state index in [4.69, 9.17) is 17.0 Å². The average Bonchev–Trinajstić information content (AvgIpc) is 3.22. The van der Waals surface area contributed by atoms with E-state index in [1.54, 1.807) is 17.6 Å². The molecule has 1 aliphatic heterocycles. The summed E-state index contributed by atoms with van der Waals surface area (Å²) in [4.78, 5) is 14.2. The summed E-state index contributed by atoms with van der Waals surface area (Å²) in [6, 6.07) is 4.35. The van der Waals surface area contributed by atoms with Crippen molar-refractivity contribution in [3.63, 3.8) is 0 Å². The Morgan fingerprint density at radius 1 is 1.58 bits per heavy atom. The predicted octanol–water partition coefficient (Wildman–Crippen LogP) is 3.00. The first-order chi connectivity index (χ1) is 11.6. The fraction of sp³-hybridized carbons (Fsp3) is 0.333. The van der Waals surface area contributed by atoms with Crippen molar-refractivity contribution in [3.05, 3.63) is 29.5 Å². The lowest BCUT2D eigenvalue weighted by Crippen LogP contribution is -2.42. The highest BCUT2D eigenvalue weighted by Gasteiger charge is 2.34. The minimum atomic E-state index is -0.493. The van der Waals surface area contributed by atoms with Crippen molar-refractivity contribution in [2.45, 2.75) is 19.4 Å². The van der Waals surface area contributed by atoms with Crippen LogP contribution >= 0.6 is 23.6 Å². The van der Waals surface area contributed by atoms with Crippen molar-refractivity contribution in [2.75, 3.05) is 18.1 Å². The van der Waals surface area contributed by atoms with Gasteiger partial charge in [0, 0.05) is 12.1 Å². The number of ether oxygens (including phenoxy) is 1. The molecule has 1 N–H and O–H groups in total. The number of halogens is 1. The highest BCUT2D eigenvalue weighted by molar-refractivity contribution is 7.80.